The van der Waals surface area contributed by atoms with Crippen molar-refractivity contribution in [3.63, 3.8) is 0 Å². The number of non-ortho nitro benzene ring substituents is 1. The van der Waals surface area contributed by atoms with Gasteiger partial charge in [-0.1, -0.05) is 0 Å². The molecular weight excluding hydrogens is 380 g/mol. The van der Waals surface area contributed by atoms with Crippen LogP contribution in [0, 0.1) is 10.1 Å². The summed E-state index contributed by atoms with van der Waals surface area (Å²) in [5, 5.41) is 14.0. The van der Waals surface area contributed by atoms with E-state index in [1.54, 1.807) is 32.1 Å². The lowest BCUT2D eigenvalue weighted by atomic mass is 10.1. The summed E-state index contributed by atoms with van der Waals surface area (Å²) in [6.45, 7) is 3.57. The van der Waals surface area contributed by atoms with Gasteiger partial charge in [-0.05, 0) is 62.4 Å². The Hall–Kier alpha value is -3.00. The summed E-state index contributed by atoms with van der Waals surface area (Å²) in [6, 6.07) is 5.88. The Labute approximate surface area is 166 Å². The Balaban J connectivity index is 1.75. The molecule has 0 unspecified atom stereocenters. The van der Waals surface area contributed by atoms with Crippen molar-refractivity contribution in [3.05, 3.63) is 62.0 Å². The van der Waals surface area contributed by atoms with Gasteiger partial charge in [0, 0.05) is 23.1 Å². The second-order valence-corrected chi connectivity index (χ2v) is 7.79. The predicted molar refractivity (Wildman–Crippen MR) is 108 cm³/mol. The zero-order chi connectivity index (χ0) is 20.3. The van der Waals surface area contributed by atoms with Gasteiger partial charge in [-0.15, -0.1) is 11.3 Å². The van der Waals surface area contributed by atoms with Crippen molar-refractivity contribution in [2.24, 2.45) is 0 Å². The van der Waals surface area contributed by atoms with Crippen LogP contribution in [0.3, 0.4) is 0 Å². The molecule has 1 aromatic heterocycles. The quantitative estimate of drug-likeness (QED) is 0.336. The van der Waals surface area contributed by atoms with E-state index in [4.69, 9.17) is 4.74 Å². The summed E-state index contributed by atoms with van der Waals surface area (Å²) in [4.78, 5) is 36.2. The molecule has 0 radical (unpaired) electrons. The van der Waals surface area contributed by atoms with Crippen molar-refractivity contribution in [1.29, 1.82) is 0 Å². The Kier molecular flexibility index (Phi) is 5.89. The number of hydrogen-bond donors (Lipinski definition) is 1. The first kappa shape index (κ1) is 19.8. The minimum absolute atomic E-state index is 0.0111. The summed E-state index contributed by atoms with van der Waals surface area (Å²) < 4.78 is 5.35. The molecule has 0 saturated heterocycles. The standard InChI is InChI=1S/C20H20N2O5S/c1-12(2)27-20(24)18-15-4-3-5-16(15)28-19(18)21-17(23)11-8-13-6-9-14(10-7-13)22(25)26/h6-12H,3-5H2,1-2H3,(H,21,23)/b11-8+. The zero-order valence-corrected chi connectivity index (χ0v) is 16.4. The molecule has 1 aliphatic carbocycles. The van der Waals surface area contributed by atoms with Crippen molar-refractivity contribution in [1.82, 2.24) is 0 Å². The van der Waals surface area contributed by atoms with Crippen LogP contribution in [0.2, 0.25) is 0 Å². The molecule has 0 aliphatic heterocycles. The number of carbonyl (C=O) groups is 2. The number of aryl methyl sites for hydroxylation is 1. The number of esters is 1. The average molecular weight is 400 g/mol. The van der Waals surface area contributed by atoms with Gasteiger partial charge in [0.05, 0.1) is 16.6 Å². The molecule has 2 aromatic rings. The highest BCUT2D eigenvalue weighted by Crippen LogP contribution is 2.39. The first-order valence-electron chi connectivity index (χ1n) is 8.94. The Morgan fingerprint density at radius 2 is 1.96 bits per heavy atom. The molecule has 1 aromatic carbocycles. The number of nitro benzene ring substituents is 1. The van der Waals surface area contributed by atoms with Gasteiger partial charge in [-0.2, -0.15) is 0 Å². The van der Waals surface area contributed by atoms with E-state index in [9.17, 15) is 19.7 Å². The molecular formula is C20H20N2O5S. The Morgan fingerprint density at radius 1 is 1.25 bits per heavy atom. The number of benzene rings is 1. The second kappa shape index (κ2) is 8.35. The zero-order valence-electron chi connectivity index (χ0n) is 15.6. The number of nitrogens with one attached hydrogen (secondary N) is 1. The number of anilines is 1. The van der Waals surface area contributed by atoms with Crippen molar-refractivity contribution in [2.45, 2.75) is 39.2 Å². The number of amides is 1. The summed E-state index contributed by atoms with van der Waals surface area (Å²) >= 11 is 1.42. The molecule has 146 valence electrons. The van der Waals surface area contributed by atoms with Crippen LogP contribution in [0.5, 0.6) is 0 Å². The molecule has 8 heteroatoms. The van der Waals surface area contributed by atoms with Gasteiger partial charge in [0.2, 0.25) is 5.91 Å². The molecule has 1 aliphatic rings. The summed E-state index contributed by atoms with van der Waals surface area (Å²) in [6.07, 6.45) is 5.36. The molecule has 1 heterocycles. The number of nitrogens with zero attached hydrogens (tertiary/aromatic N) is 1. The third kappa shape index (κ3) is 4.45. The maximum absolute atomic E-state index is 12.5. The summed E-state index contributed by atoms with van der Waals surface area (Å²) in [7, 11) is 0. The van der Waals surface area contributed by atoms with Crippen LogP contribution in [-0.2, 0) is 22.4 Å². The maximum Gasteiger partial charge on any atom is 0.341 e. The van der Waals surface area contributed by atoms with E-state index in [0.29, 0.717) is 16.1 Å². The van der Waals surface area contributed by atoms with Gasteiger partial charge in [0.15, 0.2) is 0 Å². The van der Waals surface area contributed by atoms with E-state index in [2.05, 4.69) is 5.32 Å². The van der Waals surface area contributed by atoms with Crippen LogP contribution >= 0.6 is 11.3 Å². The van der Waals surface area contributed by atoms with Crippen molar-refractivity contribution < 1.29 is 19.2 Å². The van der Waals surface area contributed by atoms with Gasteiger partial charge in [-0.3, -0.25) is 14.9 Å². The first-order chi connectivity index (χ1) is 13.3. The van der Waals surface area contributed by atoms with Crippen molar-refractivity contribution in [3.8, 4) is 0 Å². The third-order valence-corrected chi connectivity index (χ3v) is 5.44. The molecule has 1 N–H and O–H groups in total. The van der Waals surface area contributed by atoms with Gasteiger partial charge >= 0.3 is 5.97 Å². The number of fused-ring (bicyclic) bond motifs is 1. The molecule has 0 saturated carbocycles. The van der Waals surface area contributed by atoms with E-state index in [0.717, 1.165) is 29.7 Å². The number of ether oxygens (including phenoxy) is 1. The average Bonchev–Trinajstić information content (AvgIpc) is 3.20. The lowest BCUT2D eigenvalue weighted by Gasteiger charge is -2.10. The molecule has 0 atom stereocenters. The fraction of sp³-hybridized carbons (Fsp3) is 0.300. The van der Waals surface area contributed by atoms with Crippen molar-refractivity contribution in [2.75, 3.05) is 5.32 Å². The van der Waals surface area contributed by atoms with E-state index in [1.807, 2.05) is 0 Å². The molecule has 7 nitrogen and oxygen atoms in total. The number of hydrogen-bond acceptors (Lipinski definition) is 6. The minimum atomic E-state index is -0.478. The monoisotopic (exact) mass is 400 g/mol. The lowest BCUT2D eigenvalue weighted by molar-refractivity contribution is -0.384. The first-order valence-corrected chi connectivity index (χ1v) is 9.76. The summed E-state index contributed by atoms with van der Waals surface area (Å²) in [5.74, 6) is -0.791. The smallest absolute Gasteiger partial charge is 0.341 e. The highest BCUT2D eigenvalue weighted by molar-refractivity contribution is 7.17. The van der Waals surface area contributed by atoms with Gasteiger partial charge < -0.3 is 10.1 Å². The number of nitro groups is 1. The molecule has 3 rings (SSSR count). The third-order valence-electron chi connectivity index (χ3n) is 4.24. The molecule has 0 bridgehead atoms. The largest absolute Gasteiger partial charge is 0.459 e. The van der Waals surface area contributed by atoms with E-state index in [1.165, 1.54) is 29.5 Å². The highest BCUT2D eigenvalue weighted by atomic mass is 32.1. The second-order valence-electron chi connectivity index (χ2n) is 6.69. The van der Waals surface area contributed by atoms with Crippen LogP contribution in [0.1, 0.15) is 46.6 Å². The highest BCUT2D eigenvalue weighted by Gasteiger charge is 2.28. The molecule has 0 fully saturated rings. The SMILES string of the molecule is CC(C)OC(=O)c1c(NC(=O)/C=C/c2ccc([N+](=O)[O-])cc2)sc2c1CCC2. The molecule has 28 heavy (non-hydrogen) atoms. The van der Waals surface area contributed by atoms with Gasteiger partial charge in [0.1, 0.15) is 5.00 Å². The van der Waals surface area contributed by atoms with Crippen LogP contribution in [0.4, 0.5) is 10.7 Å². The normalized spacial score (nSPS) is 13.0. The number of rotatable bonds is 6. The molecule has 1 amide bonds. The summed E-state index contributed by atoms with van der Waals surface area (Å²) in [5.41, 5.74) is 2.09. The van der Waals surface area contributed by atoms with Crippen LogP contribution in [0.15, 0.2) is 30.3 Å². The van der Waals surface area contributed by atoms with Gasteiger partial charge in [0.25, 0.3) is 5.69 Å². The Bertz CT molecular complexity index is 944. The van der Waals surface area contributed by atoms with Crippen molar-refractivity contribution >= 4 is 40.0 Å². The van der Waals surface area contributed by atoms with Crippen LogP contribution in [-0.4, -0.2) is 22.9 Å². The lowest BCUT2D eigenvalue weighted by Crippen LogP contribution is -2.16. The fourth-order valence-electron chi connectivity index (χ4n) is 3.01. The molecule has 0 spiro atoms. The Morgan fingerprint density at radius 3 is 2.61 bits per heavy atom. The van der Waals surface area contributed by atoms with Crippen LogP contribution in [0.25, 0.3) is 6.08 Å². The maximum atomic E-state index is 12.5. The van der Waals surface area contributed by atoms with Crippen LogP contribution < -0.4 is 5.32 Å². The van der Waals surface area contributed by atoms with E-state index < -0.39 is 10.9 Å². The van der Waals surface area contributed by atoms with E-state index >= 15 is 0 Å². The number of thiophene rings is 1. The fourth-order valence-corrected chi connectivity index (χ4v) is 4.29. The topological polar surface area (TPSA) is 98.5 Å². The number of carbonyl (C=O) groups excluding carboxylic acids is 2. The van der Waals surface area contributed by atoms with E-state index in [-0.39, 0.29) is 17.7 Å². The predicted octanol–water partition coefficient (Wildman–Crippen LogP) is 4.36. The van der Waals surface area contributed by atoms with Gasteiger partial charge in [-0.25, -0.2) is 4.79 Å². The minimum Gasteiger partial charge on any atom is -0.459 e.